The van der Waals surface area contributed by atoms with E-state index in [1.165, 1.54) is 0 Å². The van der Waals surface area contributed by atoms with Crippen LogP contribution in [0.4, 0.5) is 8.78 Å². The number of halogens is 2. The van der Waals surface area contributed by atoms with E-state index in [1.54, 1.807) is 36.4 Å². The third-order valence-corrected chi connectivity index (χ3v) is 6.28. The Labute approximate surface area is 170 Å². The molecule has 2 aliphatic rings. The molecule has 3 nitrogen and oxygen atoms in total. The van der Waals surface area contributed by atoms with Gasteiger partial charge in [-0.05, 0) is 41.9 Å². The number of hydrogen-bond donors (Lipinski definition) is 1. The predicted molar refractivity (Wildman–Crippen MR) is 108 cm³/mol. The number of aliphatic hydroxyl groups is 1. The maximum Gasteiger partial charge on any atom is 0.168 e. The Bertz CT molecular complexity index is 834. The fraction of sp³-hybridized carbons (Fsp3) is 0.500. The van der Waals surface area contributed by atoms with Crippen molar-refractivity contribution in [1.82, 2.24) is 0 Å². The van der Waals surface area contributed by atoms with E-state index < -0.39 is 23.5 Å². The lowest BCUT2D eigenvalue weighted by atomic mass is 9.80. The topological polar surface area (TPSA) is 38.7 Å². The second-order valence-corrected chi connectivity index (χ2v) is 8.14. The van der Waals surface area contributed by atoms with Crippen LogP contribution in [0.1, 0.15) is 68.6 Å². The first-order valence-electron chi connectivity index (χ1n) is 10.6. The Balaban J connectivity index is 1.52. The summed E-state index contributed by atoms with van der Waals surface area (Å²) in [6.07, 6.45) is 3.89. The van der Waals surface area contributed by atoms with E-state index in [4.69, 9.17) is 9.47 Å². The van der Waals surface area contributed by atoms with Crippen molar-refractivity contribution in [3.05, 3.63) is 59.2 Å². The quantitative estimate of drug-likeness (QED) is 0.680. The second-order valence-electron chi connectivity index (χ2n) is 8.14. The standard InChI is InChI=1S/C24H28F2O3/c1-2-3-21(27)18-6-4-16(5-7-18)19-8-9-20(23(26)22(19)25)17-10-12-24(13-11-17)28-14-15-29-24/h4-9,17,21,27H,2-3,10-15H2,1H3. The molecule has 0 amide bonds. The molecule has 29 heavy (non-hydrogen) atoms. The minimum atomic E-state index is -0.807. The first-order chi connectivity index (χ1) is 14.0. The van der Waals surface area contributed by atoms with Gasteiger partial charge >= 0.3 is 0 Å². The number of aliphatic hydroxyl groups excluding tert-OH is 1. The van der Waals surface area contributed by atoms with Crippen molar-refractivity contribution in [1.29, 1.82) is 0 Å². The highest BCUT2D eigenvalue weighted by molar-refractivity contribution is 5.65. The van der Waals surface area contributed by atoms with Crippen LogP contribution in [0.5, 0.6) is 0 Å². The molecule has 1 N–H and O–H groups in total. The van der Waals surface area contributed by atoms with Gasteiger partial charge in [0.2, 0.25) is 0 Å². The monoisotopic (exact) mass is 402 g/mol. The van der Waals surface area contributed by atoms with Crippen LogP contribution in [0.2, 0.25) is 0 Å². The molecule has 4 rings (SSSR count). The summed E-state index contributed by atoms with van der Waals surface area (Å²) in [5.41, 5.74) is 2.09. The fourth-order valence-electron chi connectivity index (χ4n) is 4.58. The Morgan fingerprint density at radius 3 is 2.28 bits per heavy atom. The predicted octanol–water partition coefficient (Wildman–Crippen LogP) is 5.87. The Morgan fingerprint density at radius 1 is 1.00 bits per heavy atom. The van der Waals surface area contributed by atoms with E-state index in [1.807, 2.05) is 6.92 Å². The zero-order chi connectivity index (χ0) is 20.4. The van der Waals surface area contributed by atoms with Gasteiger partial charge in [-0.15, -0.1) is 0 Å². The van der Waals surface area contributed by atoms with E-state index in [0.717, 1.165) is 24.8 Å². The molecule has 1 atom stereocenters. The average Bonchev–Trinajstić information content (AvgIpc) is 3.19. The molecule has 156 valence electrons. The molecule has 2 fully saturated rings. The van der Waals surface area contributed by atoms with Gasteiger partial charge in [0.25, 0.3) is 0 Å². The van der Waals surface area contributed by atoms with Crippen molar-refractivity contribution in [2.75, 3.05) is 13.2 Å². The molecule has 0 radical (unpaired) electrons. The third kappa shape index (κ3) is 4.09. The van der Waals surface area contributed by atoms with Crippen LogP contribution in [0.15, 0.2) is 36.4 Å². The molecule has 1 aliphatic heterocycles. The van der Waals surface area contributed by atoms with E-state index in [2.05, 4.69) is 0 Å². The summed E-state index contributed by atoms with van der Waals surface area (Å²) in [5.74, 6) is -2.09. The van der Waals surface area contributed by atoms with Gasteiger partial charge in [0.15, 0.2) is 17.4 Å². The molecule has 2 aromatic carbocycles. The highest BCUT2D eigenvalue weighted by atomic mass is 19.2. The van der Waals surface area contributed by atoms with Gasteiger partial charge in [-0.25, -0.2) is 8.78 Å². The molecule has 0 aromatic heterocycles. The Hall–Kier alpha value is -1.82. The summed E-state index contributed by atoms with van der Waals surface area (Å²) >= 11 is 0. The summed E-state index contributed by atoms with van der Waals surface area (Å²) in [7, 11) is 0. The molecule has 1 saturated carbocycles. The van der Waals surface area contributed by atoms with Crippen molar-refractivity contribution < 1.29 is 23.4 Å². The van der Waals surface area contributed by atoms with E-state index >= 15 is 0 Å². The van der Waals surface area contributed by atoms with E-state index in [9.17, 15) is 13.9 Å². The number of hydrogen-bond acceptors (Lipinski definition) is 3. The van der Waals surface area contributed by atoms with Crippen molar-refractivity contribution in [3.63, 3.8) is 0 Å². The zero-order valence-corrected chi connectivity index (χ0v) is 16.8. The largest absolute Gasteiger partial charge is 0.388 e. The van der Waals surface area contributed by atoms with Gasteiger partial charge in [-0.2, -0.15) is 0 Å². The molecule has 1 aliphatic carbocycles. The average molecular weight is 402 g/mol. The summed E-state index contributed by atoms with van der Waals surface area (Å²) in [6.45, 7) is 3.23. The molecule has 1 saturated heterocycles. The highest BCUT2D eigenvalue weighted by Gasteiger charge is 2.41. The van der Waals surface area contributed by atoms with Crippen LogP contribution >= 0.6 is 0 Å². The highest BCUT2D eigenvalue weighted by Crippen LogP contribution is 2.43. The summed E-state index contributed by atoms with van der Waals surface area (Å²) in [5, 5.41) is 10.1. The Kier molecular flexibility index (Phi) is 6.00. The van der Waals surface area contributed by atoms with Gasteiger partial charge in [-0.1, -0.05) is 49.7 Å². The van der Waals surface area contributed by atoms with Crippen molar-refractivity contribution in [2.45, 2.75) is 63.3 Å². The molecule has 2 aromatic rings. The molecule has 1 heterocycles. The molecule has 5 heteroatoms. The van der Waals surface area contributed by atoms with Gasteiger partial charge in [-0.3, -0.25) is 0 Å². The smallest absolute Gasteiger partial charge is 0.168 e. The molecule has 0 bridgehead atoms. The van der Waals surface area contributed by atoms with Gasteiger partial charge in [0, 0.05) is 18.4 Å². The second kappa shape index (κ2) is 8.50. The van der Waals surface area contributed by atoms with Crippen molar-refractivity contribution in [3.8, 4) is 11.1 Å². The zero-order valence-electron chi connectivity index (χ0n) is 16.8. The van der Waals surface area contributed by atoms with Gasteiger partial charge in [0.05, 0.1) is 19.3 Å². The number of benzene rings is 2. The summed E-state index contributed by atoms with van der Waals surface area (Å²) in [4.78, 5) is 0. The Morgan fingerprint density at radius 2 is 1.66 bits per heavy atom. The van der Waals surface area contributed by atoms with Crippen molar-refractivity contribution in [2.24, 2.45) is 0 Å². The molecular formula is C24H28F2O3. The minimum Gasteiger partial charge on any atom is -0.388 e. The normalized spacial score (nSPS) is 20.3. The molecular weight excluding hydrogens is 374 g/mol. The maximum absolute atomic E-state index is 14.9. The number of rotatable bonds is 5. The maximum atomic E-state index is 14.9. The third-order valence-electron chi connectivity index (χ3n) is 6.28. The van der Waals surface area contributed by atoms with Gasteiger partial charge < -0.3 is 14.6 Å². The van der Waals surface area contributed by atoms with Crippen LogP contribution in [0.25, 0.3) is 11.1 Å². The van der Waals surface area contributed by atoms with E-state index in [-0.39, 0.29) is 11.5 Å². The van der Waals surface area contributed by atoms with Crippen LogP contribution in [-0.4, -0.2) is 24.1 Å². The fourth-order valence-corrected chi connectivity index (χ4v) is 4.58. The minimum absolute atomic E-state index is 0.0245. The molecule has 1 spiro atoms. The lowest BCUT2D eigenvalue weighted by Crippen LogP contribution is -2.34. The van der Waals surface area contributed by atoms with Crippen LogP contribution in [-0.2, 0) is 9.47 Å². The van der Waals surface area contributed by atoms with E-state index in [0.29, 0.717) is 43.6 Å². The van der Waals surface area contributed by atoms with Crippen molar-refractivity contribution >= 4 is 0 Å². The number of ether oxygens (including phenoxy) is 2. The molecule has 1 unspecified atom stereocenters. The first-order valence-corrected chi connectivity index (χ1v) is 10.6. The van der Waals surface area contributed by atoms with Crippen LogP contribution in [0.3, 0.4) is 0 Å². The summed E-state index contributed by atoms with van der Waals surface area (Å²) in [6, 6.07) is 10.4. The lowest BCUT2D eigenvalue weighted by molar-refractivity contribution is -0.178. The summed E-state index contributed by atoms with van der Waals surface area (Å²) < 4.78 is 41.3. The SMILES string of the molecule is CCCC(O)c1ccc(-c2ccc(C3CCC4(CC3)OCCO4)c(F)c2F)cc1. The van der Waals surface area contributed by atoms with Crippen LogP contribution < -0.4 is 0 Å². The first kappa shape index (κ1) is 20.5. The van der Waals surface area contributed by atoms with Crippen LogP contribution in [0, 0.1) is 11.6 Å². The lowest BCUT2D eigenvalue weighted by Gasteiger charge is -2.35. The van der Waals surface area contributed by atoms with Gasteiger partial charge in [0.1, 0.15) is 0 Å².